The van der Waals surface area contributed by atoms with Gasteiger partial charge < -0.3 is 15.0 Å². The standard InChI is InChI=1S/C26H35NO.C8H16S.C6H13N.C6H14.C3H8.C2H6.CH2O/c1-7-10-17(4)18(5)21-11-9-12-22(19(21)6)25-23-15-20(16(3)8-2)13-14-24(23)27-26(25)28;1-4-6-9-7-5-8(2)3;1-7-5-3-2-4-6-7;1-3-5-6-4-2;1-3-2;2*1-2/h13-16H,7-12H2,1-6H3,(H,27,28);2,4-7H2,1,3H3;2-6H2,1H3;3-6H2,1-2H3;3H2,1-2H3;1-2H3;1H2/b18-17-,25-22-;;;;;;. The molecule has 57 heavy (non-hydrogen) atoms. The summed E-state index contributed by atoms with van der Waals surface area (Å²) in [4.78, 5) is 23.3. The molecule has 0 saturated carbocycles. The van der Waals surface area contributed by atoms with E-state index in [1.54, 1.807) is 0 Å². The number of carbonyl (C=O) groups is 2. The molecule has 4 rings (SSSR count). The average Bonchev–Trinajstić information content (AvgIpc) is 3.55. The third-order valence-corrected chi connectivity index (χ3v) is 11.5. The first-order valence-corrected chi connectivity index (χ1v) is 24.3. The number of thioether (sulfide) groups is 1. The second kappa shape index (κ2) is 39.1. The molecule has 4 nitrogen and oxygen atoms in total. The zero-order chi connectivity index (χ0) is 44.2. The van der Waals surface area contributed by atoms with Gasteiger partial charge in [-0.3, -0.25) is 4.79 Å². The number of allylic oxidation sites excluding steroid dienone is 6. The third-order valence-electron chi connectivity index (χ3n) is 10.3. The average molecular weight is 811 g/mol. The van der Waals surface area contributed by atoms with E-state index < -0.39 is 0 Å². The van der Waals surface area contributed by atoms with Crippen molar-refractivity contribution < 1.29 is 9.59 Å². The molecule has 1 unspecified atom stereocenters. The van der Waals surface area contributed by atoms with Gasteiger partial charge in [0, 0.05) is 11.3 Å². The van der Waals surface area contributed by atoms with E-state index in [2.05, 4.69) is 125 Å². The highest BCUT2D eigenvalue weighted by Gasteiger charge is 2.30. The largest absolute Gasteiger partial charge is 0.321 e. The normalized spacial score (nSPS) is 16.6. The maximum atomic E-state index is 12.9. The number of anilines is 1. The molecule has 0 spiro atoms. The van der Waals surface area contributed by atoms with Gasteiger partial charge in [-0.25, -0.2) is 0 Å². The quantitative estimate of drug-likeness (QED) is 0.122. The summed E-state index contributed by atoms with van der Waals surface area (Å²) in [6.07, 6.45) is 20.2. The number of fused-ring (bicyclic) bond motifs is 1. The Hall–Kier alpha value is -2.37. The topological polar surface area (TPSA) is 49.4 Å². The zero-order valence-electron chi connectivity index (χ0n) is 40.5. The predicted octanol–water partition coefficient (Wildman–Crippen LogP) is 16.6. The minimum atomic E-state index is 0.0683. The molecule has 1 aromatic carbocycles. The van der Waals surface area contributed by atoms with Crippen LogP contribution in [-0.4, -0.2) is 49.2 Å². The van der Waals surface area contributed by atoms with Crippen LogP contribution in [0, 0.1) is 0 Å². The van der Waals surface area contributed by atoms with Gasteiger partial charge in [0.1, 0.15) is 6.79 Å². The van der Waals surface area contributed by atoms with Gasteiger partial charge in [0.25, 0.3) is 5.91 Å². The van der Waals surface area contributed by atoms with Crippen molar-refractivity contribution in [1.29, 1.82) is 0 Å². The van der Waals surface area contributed by atoms with E-state index in [9.17, 15) is 4.79 Å². The van der Waals surface area contributed by atoms with Crippen molar-refractivity contribution in [3.63, 3.8) is 0 Å². The summed E-state index contributed by atoms with van der Waals surface area (Å²) >= 11 is 2.02. The summed E-state index contributed by atoms with van der Waals surface area (Å²) in [5.41, 5.74) is 12.6. The fourth-order valence-electron chi connectivity index (χ4n) is 6.67. The lowest BCUT2D eigenvalue weighted by molar-refractivity contribution is -0.110. The first-order valence-electron chi connectivity index (χ1n) is 23.1. The molecular formula is C52H94N2O2S. The number of hydrogen-bond acceptors (Lipinski definition) is 4. The molecule has 1 atom stereocenters. The maximum Gasteiger partial charge on any atom is 0.256 e. The van der Waals surface area contributed by atoms with Gasteiger partial charge in [-0.2, -0.15) is 11.8 Å². The van der Waals surface area contributed by atoms with Gasteiger partial charge in [0.15, 0.2) is 0 Å². The molecule has 2 aliphatic heterocycles. The molecule has 3 aliphatic rings. The summed E-state index contributed by atoms with van der Waals surface area (Å²) in [6.45, 7) is 39.0. The van der Waals surface area contributed by atoms with Crippen molar-refractivity contribution in [2.45, 2.75) is 206 Å². The number of nitrogens with one attached hydrogen (secondary N) is 1. The molecule has 1 aliphatic carbocycles. The first-order chi connectivity index (χ1) is 27.4. The van der Waals surface area contributed by atoms with Crippen LogP contribution in [0.5, 0.6) is 0 Å². The van der Waals surface area contributed by atoms with Gasteiger partial charge in [-0.15, -0.1) is 6.58 Å². The van der Waals surface area contributed by atoms with Crippen LogP contribution in [0.4, 0.5) is 5.69 Å². The lowest BCUT2D eigenvalue weighted by Gasteiger charge is -2.24. The second-order valence-corrected chi connectivity index (χ2v) is 16.9. The molecule has 1 aromatic rings. The second-order valence-electron chi connectivity index (χ2n) is 15.6. The van der Waals surface area contributed by atoms with E-state index in [0.29, 0.717) is 5.92 Å². The predicted molar refractivity (Wildman–Crippen MR) is 263 cm³/mol. The molecule has 1 saturated heterocycles. The Balaban J connectivity index is -0.000000817. The third kappa shape index (κ3) is 25.7. The van der Waals surface area contributed by atoms with Crippen molar-refractivity contribution in [2.24, 2.45) is 0 Å². The summed E-state index contributed by atoms with van der Waals surface area (Å²) in [5.74, 6) is 3.13. The summed E-state index contributed by atoms with van der Waals surface area (Å²) < 4.78 is 0. The fraction of sp³-hybridized carbons (Fsp3) is 0.692. The number of rotatable bonds is 13. The van der Waals surface area contributed by atoms with Crippen molar-refractivity contribution in [1.82, 2.24) is 4.90 Å². The van der Waals surface area contributed by atoms with Crippen LogP contribution in [-0.2, 0) is 9.59 Å². The fourth-order valence-corrected chi connectivity index (χ4v) is 7.66. The van der Waals surface area contributed by atoms with Gasteiger partial charge in [0.2, 0.25) is 0 Å². The monoisotopic (exact) mass is 811 g/mol. The van der Waals surface area contributed by atoms with E-state index in [0.717, 1.165) is 48.9 Å². The van der Waals surface area contributed by atoms with E-state index in [1.165, 1.54) is 134 Å². The van der Waals surface area contributed by atoms with Crippen LogP contribution < -0.4 is 5.32 Å². The van der Waals surface area contributed by atoms with E-state index in [1.807, 2.05) is 32.4 Å². The van der Waals surface area contributed by atoms with Crippen molar-refractivity contribution in [3.05, 3.63) is 69.3 Å². The first kappa shape index (κ1) is 58.9. The molecule has 1 amide bonds. The van der Waals surface area contributed by atoms with Crippen molar-refractivity contribution >= 4 is 35.7 Å². The van der Waals surface area contributed by atoms with E-state index >= 15 is 0 Å². The lowest BCUT2D eigenvalue weighted by atomic mass is 9.80. The summed E-state index contributed by atoms with van der Waals surface area (Å²) in [7, 11) is 2.19. The molecule has 330 valence electrons. The Morgan fingerprint density at radius 2 is 1.40 bits per heavy atom. The lowest BCUT2D eigenvalue weighted by Crippen LogP contribution is -2.24. The Kier molecular flexibility index (Phi) is 40.4. The van der Waals surface area contributed by atoms with Crippen LogP contribution in [0.25, 0.3) is 5.57 Å². The van der Waals surface area contributed by atoms with Gasteiger partial charge >= 0.3 is 0 Å². The number of hydrogen-bond donors (Lipinski definition) is 1. The molecule has 5 heteroatoms. The van der Waals surface area contributed by atoms with Crippen LogP contribution in [0.1, 0.15) is 217 Å². The maximum absolute atomic E-state index is 12.9. The number of benzene rings is 1. The van der Waals surface area contributed by atoms with Gasteiger partial charge in [-0.05, 0) is 163 Å². The Labute approximate surface area is 360 Å². The number of nitrogens with zero attached hydrogens (tertiary/aromatic N) is 1. The van der Waals surface area contributed by atoms with Crippen LogP contribution in [0.3, 0.4) is 0 Å². The van der Waals surface area contributed by atoms with Gasteiger partial charge in [-0.1, -0.05) is 131 Å². The van der Waals surface area contributed by atoms with E-state index in [4.69, 9.17) is 4.79 Å². The van der Waals surface area contributed by atoms with Gasteiger partial charge in [0.05, 0.1) is 5.57 Å². The summed E-state index contributed by atoms with van der Waals surface area (Å²) in [6, 6.07) is 6.49. The summed E-state index contributed by atoms with van der Waals surface area (Å²) in [5, 5.41) is 3.11. The highest BCUT2D eigenvalue weighted by atomic mass is 32.2. The highest BCUT2D eigenvalue weighted by Crippen LogP contribution is 2.43. The smallest absolute Gasteiger partial charge is 0.256 e. The van der Waals surface area contributed by atoms with Crippen molar-refractivity contribution in [2.75, 3.05) is 37.0 Å². The molecule has 1 N–H and O–H groups in total. The molecule has 1 fully saturated rings. The Morgan fingerprint density at radius 3 is 1.86 bits per heavy atom. The van der Waals surface area contributed by atoms with E-state index in [-0.39, 0.29) is 5.91 Å². The minimum absolute atomic E-state index is 0.0683. The van der Waals surface area contributed by atoms with Crippen LogP contribution in [0.15, 0.2) is 58.2 Å². The minimum Gasteiger partial charge on any atom is -0.321 e. The Morgan fingerprint density at radius 1 is 0.825 bits per heavy atom. The highest BCUT2D eigenvalue weighted by molar-refractivity contribution is 7.99. The molecule has 2 heterocycles. The molecular weight excluding hydrogens is 717 g/mol. The molecule has 0 bridgehead atoms. The molecule has 0 radical (unpaired) electrons. The zero-order valence-corrected chi connectivity index (χ0v) is 41.4. The van der Waals surface area contributed by atoms with Crippen LogP contribution in [0.2, 0.25) is 0 Å². The number of likely N-dealkylation sites (tertiary alicyclic amines) is 1. The number of amides is 1. The number of unbranched alkanes of at least 4 members (excludes halogenated alkanes) is 3. The van der Waals surface area contributed by atoms with Crippen LogP contribution >= 0.6 is 11.8 Å². The molecule has 0 aromatic heterocycles. The number of piperidine rings is 1. The SMILES string of the molecule is C=C(C)CCSCCC.C=O.CC.CCC.CCC/C(C)=C(/C)C1=C(C)/C(=C2\C(=O)Nc3ccc(C(C)CC)cc32)CCC1.CCCCCC.CN1CCCCC1. The van der Waals surface area contributed by atoms with Crippen molar-refractivity contribution in [3.8, 4) is 0 Å². The number of carbonyl (C=O) groups excluding carboxylic acids is 2. The Bertz CT molecular complexity index is 1280.